The first-order valence-corrected chi connectivity index (χ1v) is 0. The molecule has 0 aromatic heterocycles. The Balaban J connectivity index is 0. The van der Waals surface area contributed by atoms with Crippen LogP contribution in [0.5, 0.6) is 0 Å². The second-order valence-corrected chi connectivity index (χ2v) is 0. The maximum absolute atomic E-state index is 0. The van der Waals surface area contributed by atoms with Gasteiger partial charge in [0, 0.05) is 21.1 Å². The number of halogens is 4. The molecule has 0 saturated carbocycles. The predicted molar refractivity (Wildman–Crippen MR) is 30.1 cm³/mol. The molecule has 0 aliphatic heterocycles. The van der Waals surface area contributed by atoms with Crippen LogP contribution in [0.1, 0.15) is 1.43 Å². The van der Waals surface area contributed by atoms with E-state index in [1.54, 1.807) is 0 Å². The van der Waals surface area contributed by atoms with Crippen LogP contribution in [0.4, 0.5) is 0 Å². The van der Waals surface area contributed by atoms with Gasteiger partial charge in [-0.25, -0.2) is 0 Å². The Hall–Kier alpha value is 3.48. The summed E-state index contributed by atoms with van der Waals surface area (Å²) in [6.07, 6.45) is 0. The van der Waals surface area contributed by atoms with Gasteiger partial charge in [0.2, 0.25) is 0 Å². The molecule has 0 atom stereocenters. The van der Waals surface area contributed by atoms with Crippen molar-refractivity contribution in [2.24, 2.45) is 0 Å². The molecule has 0 bridgehead atoms. The van der Waals surface area contributed by atoms with Crippen LogP contribution in [-0.2, 0) is 21.1 Å². The monoisotopic (exact) mass is 379 g/mol. The van der Waals surface area contributed by atoms with Crippen molar-refractivity contribution in [2.75, 3.05) is 0 Å². The molecule has 0 aromatic rings. The number of hydrogen-bond donors (Lipinski definition) is 0. The molecule has 0 amide bonds. The second-order valence-electron chi connectivity index (χ2n) is 0. The van der Waals surface area contributed by atoms with E-state index in [0.717, 1.165) is 0 Å². The van der Waals surface area contributed by atoms with Gasteiger partial charge in [0.05, 0.1) is 0 Å². The van der Waals surface area contributed by atoms with Crippen molar-refractivity contribution in [3.8, 4) is 0 Å². The molecule has 6 heavy (non-hydrogen) atoms. The Kier molecular flexibility index (Phi) is 367. The molecule has 0 rings (SSSR count). The van der Waals surface area contributed by atoms with Crippen LogP contribution in [0.25, 0.3) is 0 Å². The van der Waals surface area contributed by atoms with Crippen LogP contribution in [0.3, 0.4) is 0 Å². The van der Waals surface area contributed by atoms with Crippen molar-refractivity contribution in [1.29, 1.82) is 0 Å². The van der Waals surface area contributed by atoms with Crippen molar-refractivity contribution in [3.05, 3.63) is 0 Å². The van der Waals surface area contributed by atoms with Crippen molar-refractivity contribution < 1.29 is 73.9 Å². The SMILES string of the molecule is Cl.Cl.Cl.Cl.[H-].[K+].[Pt]. The molecular weight excluding hydrogens is 376 g/mol. The Labute approximate surface area is 121 Å². The van der Waals surface area contributed by atoms with E-state index in [1.165, 1.54) is 0 Å². The number of rotatable bonds is 0. The van der Waals surface area contributed by atoms with E-state index in [1.807, 2.05) is 0 Å². The average molecular weight is 381 g/mol. The van der Waals surface area contributed by atoms with E-state index in [9.17, 15) is 0 Å². The smallest absolute Gasteiger partial charge is 1.00 e. The maximum Gasteiger partial charge on any atom is 1.00 e. The Bertz CT molecular complexity index is 11.7. The maximum atomic E-state index is 0. The van der Waals surface area contributed by atoms with E-state index in [-0.39, 0.29) is 124 Å². The minimum Gasteiger partial charge on any atom is -1.00 e. The van der Waals surface area contributed by atoms with E-state index in [4.69, 9.17) is 0 Å². The molecule has 0 aliphatic carbocycles. The van der Waals surface area contributed by atoms with E-state index < -0.39 is 0 Å². The molecule has 6 heteroatoms. The third-order valence-corrected chi connectivity index (χ3v) is 0. The summed E-state index contributed by atoms with van der Waals surface area (Å²) >= 11 is 0. The fourth-order valence-corrected chi connectivity index (χ4v) is 0. The first-order chi connectivity index (χ1) is 0. The average Bonchev–Trinajstić information content (AvgIpc) is 0. The molecule has 0 radical (unpaired) electrons. The topological polar surface area (TPSA) is 0 Å². The predicted octanol–water partition coefficient (Wildman–Crippen LogP) is -1.20. The number of hydrogen-bond acceptors (Lipinski definition) is 0. The van der Waals surface area contributed by atoms with Crippen molar-refractivity contribution in [3.63, 3.8) is 0 Å². The Morgan fingerprint density at radius 3 is 0.667 bits per heavy atom. The van der Waals surface area contributed by atoms with Crippen LogP contribution < -0.4 is 51.4 Å². The first kappa shape index (κ1) is 56.2. The van der Waals surface area contributed by atoms with Gasteiger partial charge in [0.1, 0.15) is 0 Å². The van der Waals surface area contributed by atoms with E-state index >= 15 is 0 Å². The van der Waals surface area contributed by atoms with Crippen molar-refractivity contribution >= 4 is 49.6 Å². The van der Waals surface area contributed by atoms with Gasteiger partial charge in [-0.05, 0) is 0 Å². The molecule has 0 heterocycles. The van der Waals surface area contributed by atoms with Gasteiger partial charge in [-0.1, -0.05) is 0 Å². The van der Waals surface area contributed by atoms with Gasteiger partial charge in [0.15, 0.2) is 0 Å². The van der Waals surface area contributed by atoms with E-state index in [0.29, 0.717) is 0 Å². The largest absolute Gasteiger partial charge is 1.00 e. The first-order valence-electron chi connectivity index (χ1n) is 0. The minimum absolute atomic E-state index is 0. The summed E-state index contributed by atoms with van der Waals surface area (Å²) in [4.78, 5) is 0. The van der Waals surface area contributed by atoms with Crippen molar-refractivity contribution in [1.82, 2.24) is 0 Å². The van der Waals surface area contributed by atoms with Gasteiger partial charge in [-0.15, -0.1) is 49.6 Å². The molecule has 0 nitrogen and oxygen atoms in total. The van der Waals surface area contributed by atoms with Gasteiger partial charge < -0.3 is 1.43 Å². The zero-order valence-electron chi connectivity index (χ0n) is 3.95. The van der Waals surface area contributed by atoms with Crippen molar-refractivity contribution in [2.45, 2.75) is 0 Å². The molecule has 0 N–H and O–H groups in total. The van der Waals surface area contributed by atoms with Crippen LogP contribution in [0, 0.1) is 0 Å². The Morgan fingerprint density at radius 2 is 0.667 bits per heavy atom. The van der Waals surface area contributed by atoms with Crippen LogP contribution >= 0.6 is 49.6 Å². The van der Waals surface area contributed by atoms with E-state index in [2.05, 4.69) is 0 Å². The summed E-state index contributed by atoms with van der Waals surface area (Å²) in [6.45, 7) is 0. The summed E-state index contributed by atoms with van der Waals surface area (Å²) in [7, 11) is 0. The minimum atomic E-state index is 0. The molecule has 0 spiro atoms. The zero-order valence-corrected chi connectivity index (χ0v) is 11.6. The van der Waals surface area contributed by atoms with Crippen LogP contribution in [0.2, 0.25) is 0 Å². The molecule has 0 unspecified atom stereocenters. The van der Waals surface area contributed by atoms with Gasteiger partial charge in [-0.2, -0.15) is 0 Å². The molecule has 44 valence electrons. The zero-order chi connectivity index (χ0) is 0. The summed E-state index contributed by atoms with van der Waals surface area (Å²) < 4.78 is 0. The fraction of sp³-hybridized carbons (Fsp3) is 0. The molecule has 0 aromatic carbocycles. The molecule has 0 saturated heterocycles. The third kappa shape index (κ3) is 25.9. The third-order valence-electron chi connectivity index (χ3n) is 0. The quantitative estimate of drug-likeness (QED) is 0.463. The van der Waals surface area contributed by atoms with Gasteiger partial charge in [0.25, 0.3) is 0 Å². The van der Waals surface area contributed by atoms with Crippen LogP contribution in [0.15, 0.2) is 0 Å². The normalized spacial score (nSPS) is 0. The molecule has 0 aliphatic rings. The summed E-state index contributed by atoms with van der Waals surface area (Å²) in [5, 5.41) is 0. The van der Waals surface area contributed by atoms with Crippen LogP contribution in [-0.4, -0.2) is 0 Å². The standard InChI is InChI=1S/4ClH.K.Pt.H/h4*1H;;;/q;;;;+1;;-1. The summed E-state index contributed by atoms with van der Waals surface area (Å²) in [5.74, 6) is 0. The molecule has 0 fully saturated rings. The van der Waals surface area contributed by atoms with Gasteiger partial charge in [-0.3, -0.25) is 0 Å². The summed E-state index contributed by atoms with van der Waals surface area (Å²) in [5.41, 5.74) is 0. The second kappa shape index (κ2) is 39.1. The summed E-state index contributed by atoms with van der Waals surface area (Å²) in [6, 6.07) is 0. The Morgan fingerprint density at radius 1 is 0.667 bits per heavy atom. The fourth-order valence-electron chi connectivity index (χ4n) is 0. The molecular formula is H5Cl4KPt. The van der Waals surface area contributed by atoms with Gasteiger partial charge >= 0.3 is 51.4 Å².